The van der Waals surface area contributed by atoms with Gasteiger partial charge >= 0.3 is 5.97 Å². The molecule has 0 bridgehead atoms. The fourth-order valence-electron chi connectivity index (χ4n) is 3.46. The van der Waals surface area contributed by atoms with Gasteiger partial charge in [-0.1, -0.05) is 29.4 Å². The smallest absolute Gasteiger partial charge is 0.326 e. The van der Waals surface area contributed by atoms with Crippen LogP contribution in [0.15, 0.2) is 28.8 Å². The van der Waals surface area contributed by atoms with Gasteiger partial charge in [-0.2, -0.15) is 0 Å². The van der Waals surface area contributed by atoms with Crippen molar-refractivity contribution in [3.05, 3.63) is 52.4 Å². The molecule has 2 aromatic rings. The minimum Gasteiger partial charge on any atom is -0.480 e. The van der Waals surface area contributed by atoms with E-state index < -0.39 is 17.9 Å². The van der Waals surface area contributed by atoms with Gasteiger partial charge in [0.1, 0.15) is 11.8 Å². The lowest BCUT2D eigenvalue weighted by Gasteiger charge is -2.36. The van der Waals surface area contributed by atoms with E-state index in [1.165, 1.54) is 4.90 Å². The highest BCUT2D eigenvalue weighted by Crippen LogP contribution is 2.30. The number of carboxylic acid groups (broad SMARTS) is 1. The summed E-state index contributed by atoms with van der Waals surface area (Å²) >= 11 is 0. The predicted molar refractivity (Wildman–Crippen MR) is 86.5 cm³/mol. The van der Waals surface area contributed by atoms with Crippen molar-refractivity contribution in [2.45, 2.75) is 45.7 Å². The van der Waals surface area contributed by atoms with Crippen LogP contribution in [0.2, 0.25) is 0 Å². The standard InChI is InChI=1S/C18H20N2O4/c1-10(16-11(2)19-24-12(16)3)17(21)20-9-14-7-5-4-6-13(14)8-15(20)18(22)23/h4-7,10,15H,8-9H2,1-3H3,(H,22,23)/t10-,15-/m1/s1. The summed E-state index contributed by atoms with van der Waals surface area (Å²) in [5.74, 6) is -1.10. The molecule has 6 heteroatoms. The number of fused-ring (bicyclic) bond motifs is 1. The topological polar surface area (TPSA) is 83.6 Å². The summed E-state index contributed by atoms with van der Waals surface area (Å²) in [5, 5.41) is 13.5. The molecule has 1 aromatic heterocycles. The minimum atomic E-state index is -0.983. The molecule has 0 saturated carbocycles. The van der Waals surface area contributed by atoms with Gasteiger partial charge in [0.2, 0.25) is 5.91 Å². The van der Waals surface area contributed by atoms with E-state index in [0.717, 1.165) is 16.7 Å². The van der Waals surface area contributed by atoms with Crippen LogP contribution >= 0.6 is 0 Å². The van der Waals surface area contributed by atoms with E-state index in [4.69, 9.17) is 4.52 Å². The van der Waals surface area contributed by atoms with Crippen molar-refractivity contribution < 1.29 is 19.2 Å². The Hall–Kier alpha value is -2.63. The highest BCUT2D eigenvalue weighted by molar-refractivity contribution is 5.89. The third-order valence-corrected chi connectivity index (χ3v) is 4.71. The molecule has 2 atom stereocenters. The van der Waals surface area contributed by atoms with Gasteiger partial charge in [-0.3, -0.25) is 4.79 Å². The van der Waals surface area contributed by atoms with Crippen molar-refractivity contribution in [1.82, 2.24) is 10.1 Å². The second-order valence-electron chi connectivity index (χ2n) is 6.25. The Bertz CT molecular complexity index is 777. The largest absolute Gasteiger partial charge is 0.480 e. The van der Waals surface area contributed by atoms with Crippen LogP contribution in [0.3, 0.4) is 0 Å². The maximum Gasteiger partial charge on any atom is 0.326 e. The maximum atomic E-state index is 13.0. The first-order chi connectivity index (χ1) is 11.4. The third kappa shape index (κ3) is 2.68. The number of carbonyl (C=O) groups excluding carboxylic acids is 1. The van der Waals surface area contributed by atoms with Crippen LogP contribution in [0.25, 0.3) is 0 Å². The molecule has 0 fully saturated rings. The number of carboxylic acids is 1. The Morgan fingerprint density at radius 3 is 2.54 bits per heavy atom. The SMILES string of the molecule is Cc1noc(C)c1[C@@H](C)C(=O)N1Cc2ccccc2C[C@@H]1C(=O)O. The number of hydrogen-bond acceptors (Lipinski definition) is 4. The average molecular weight is 328 g/mol. The lowest BCUT2D eigenvalue weighted by molar-refractivity contribution is -0.152. The van der Waals surface area contributed by atoms with Crippen molar-refractivity contribution in [1.29, 1.82) is 0 Å². The zero-order chi connectivity index (χ0) is 17.4. The van der Waals surface area contributed by atoms with Crippen molar-refractivity contribution in [3.8, 4) is 0 Å². The van der Waals surface area contributed by atoms with Crippen LogP contribution in [0.4, 0.5) is 0 Å². The summed E-state index contributed by atoms with van der Waals surface area (Å²) < 4.78 is 5.15. The van der Waals surface area contributed by atoms with E-state index >= 15 is 0 Å². The van der Waals surface area contributed by atoms with Gasteiger partial charge < -0.3 is 14.5 Å². The monoisotopic (exact) mass is 328 g/mol. The molecule has 0 saturated heterocycles. The van der Waals surface area contributed by atoms with Crippen LogP contribution in [0.5, 0.6) is 0 Å². The van der Waals surface area contributed by atoms with Gasteiger partial charge in [0.25, 0.3) is 0 Å². The molecule has 1 aliphatic heterocycles. The van der Waals surface area contributed by atoms with Crippen molar-refractivity contribution in [2.24, 2.45) is 0 Å². The second-order valence-corrected chi connectivity index (χ2v) is 6.25. The van der Waals surface area contributed by atoms with Crippen molar-refractivity contribution >= 4 is 11.9 Å². The van der Waals surface area contributed by atoms with Gasteiger partial charge in [-0.25, -0.2) is 4.79 Å². The number of aliphatic carboxylic acids is 1. The number of carbonyl (C=O) groups is 2. The molecule has 2 heterocycles. The lowest BCUT2D eigenvalue weighted by atomic mass is 9.91. The van der Waals surface area contributed by atoms with Crippen LogP contribution in [-0.2, 0) is 22.6 Å². The molecule has 1 aromatic carbocycles. The Labute approximate surface area is 140 Å². The molecule has 1 amide bonds. The van der Waals surface area contributed by atoms with E-state index in [9.17, 15) is 14.7 Å². The first kappa shape index (κ1) is 16.2. The number of aryl methyl sites for hydroxylation is 2. The van der Waals surface area contributed by atoms with E-state index in [-0.39, 0.29) is 5.91 Å². The summed E-state index contributed by atoms with van der Waals surface area (Å²) in [6.45, 7) is 5.63. The molecule has 0 aliphatic carbocycles. The molecule has 24 heavy (non-hydrogen) atoms. The Balaban J connectivity index is 1.94. The summed E-state index contributed by atoms with van der Waals surface area (Å²) in [4.78, 5) is 26.2. The van der Waals surface area contributed by atoms with Crippen molar-refractivity contribution in [2.75, 3.05) is 0 Å². The van der Waals surface area contributed by atoms with Crippen LogP contribution in [0.1, 0.15) is 41.0 Å². The van der Waals surface area contributed by atoms with E-state index in [2.05, 4.69) is 5.16 Å². The van der Waals surface area contributed by atoms with Gasteiger partial charge in [-0.05, 0) is 31.9 Å². The van der Waals surface area contributed by atoms with E-state index in [1.54, 1.807) is 20.8 Å². The number of hydrogen-bond donors (Lipinski definition) is 1. The Morgan fingerprint density at radius 2 is 1.96 bits per heavy atom. The molecule has 1 N–H and O–H groups in total. The van der Waals surface area contributed by atoms with E-state index in [0.29, 0.717) is 24.4 Å². The zero-order valence-electron chi connectivity index (χ0n) is 13.9. The fourth-order valence-corrected chi connectivity index (χ4v) is 3.46. The first-order valence-corrected chi connectivity index (χ1v) is 7.93. The molecule has 0 spiro atoms. The highest BCUT2D eigenvalue weighted by Gasteiger charge is 2.37. The van der Waals surface area contributed by atoms with Gasteiger partial charge in [-0.15, -0.1) is 0 Å². The van der Waals surface area contributed by atoms with Crippen LogP contribution < -0.4 is 0 Å². The predicted octanol–water partition coefficient (Wildman–Crippen LogP) is 2.43. The summed E-state index contributed by atoms with van der Waals surface area (Å²) in [6.07, 6.45) is 0.325. The molecule has 1 aliphatic rings. The Morgan fingerprint density at radius 1 is 1.29 bits per heavy atom. The number of nitrogens with zero attached hydrogens (tertiary/aromatic N) is 2. The third-order valence-electron chi connectivity index (χ3n) is 4.71. The maximum absolute atomic E-state index is 13.0. The van der Waals surface area contributed by atoms with Gasteiger partial charge in [0, 0.05) is 18.5 Å². The summed E-state index contributed by atoms with van der Waals surface area (Å²) in [7, 11) is 0. The van der Waals surface area contributed by atoms with Crippen molar-refractivity contribution in [3.63, 3.8) is 0 Å². The number of rotatable bonds is 3. The molecular weight excluding hydrogens is 308 g/mol. The molecule has 3 rings (SSSR count). The number of aromatic nitrogens is 1. The lowest BCUT2D eigenvalue weighted by Crippen LogP contribution is -2.50. The first-order valence-electron chi connectivity index (χ1n) is 7.93. The molecular formula is C18H20N2O4. The fraction of sp³-hybridized carbons (Fsp3) is 0.389. The van der Waals surface area contributed by atoms with Gasteiger partial charge in [0.15, 0.2) is 0 Å². The zero-order valence-corrected chi connectivity index (χ0v) is 13.9. The molecule has 6 nitrogen and oxygen atoms in total. The quantitative estimate of drug-likeness (QED) is 0.935. The average Bonchev–Trinajstić information content (AvgIpc) is 2.90. The molecule has 0 unspecified atom stereocenters. The normalized spacial score (nSPS) is 18.1. The highest BCUT2D eigenvalue weighted by atomic mass is 16.5. The molecule has 0 radical (unpaired) electrons. The number of amides is 1. The minimum absolute atomic E-state index is 0.216. The summed E-state index contributed by atoms with van der Waals surface area (Å²) in [6, 6.07) is 6.80. The second kappa shape index (κ2) is 6.11. The Kier molecular flexibility index (Phi) is 4.13. The van der Waals surface area contributed by atoms with E-state index in [1.807, 2.05) is 24.3 Å². The summed E-state index contributed by atoms with van der Waals surface area (Å²) in [5.41, 5.74) is 3.38. The van der Waals surface area contributed by atoms with Crippen LogP contribution in [0, 0.1) is 13.8 Å². The van der Waals surface area contributed by atoms with Gasteiger partial charge in [0.05, 0.1) is 11.6 Å². The number of benzene rings is 1. The van der Waals surface area contributed by atoms with Crippen LogP contribution in [-0.4, -0.2) is 33.1 Å². The molecule has 126 valence electrons.